The van der Waals surface area contributed by atoms with Crippen LogP contribution in [-0.2, 0) is 4.79 Å². The minimum Gasteiger partial charge on any atom is -0.508 e. The molecule has 2 N–H and O–H groups in total. The van der Waals surface area contributed by atoms with Crippen molar-refractivity contribution in [3.05, 3.63) is 54.1 Å². The quantitative estimate of drug-likeness (QED) is 0.481. The number of phenols is 1. The van der Waals surface area contributed by atoms with Crippen LogP contribution in [0.4, 0.5) is 0 Å². The summed E-state index contributed by atoms with van der Waals surface area (Å²) in [5.41, 5.74) is 5.19. The molecule has 1 atom stereocenters. The summed E-state index contributed by atoms with van der Waals surface area (Å²) in [5, 5.41) is 11.3. The summed E-state index contributed by atoms with van der Waals surface area (Å²) in [5.74, 6) is 1.54. The number of hydrazine groups is 1. The number of nitrogens with zero attached hydrogens (tertiary/aromatic N) is 2. The van der Waals surface area contributed by atoms with Gasteiger partial charge in [-0.05, 0) is 29.8 Å². The second-order valence-electron chi connectivity index (χ2n) is 5.73. The Morgan fingerprint density at radius 1 is 1.27 bits per heavy atom. The van der Waals surface area contributed by atoms with Gasteiger partial charge in [0.2, 0.25) is 5.91 Å². The summed E-state index contributed by atoms with van der Waals surface area (Å²) < 4.78 is 2.23. The highest BCUT2D eigenvalue weighted by molar-refractivity contribution is 8.01. The summed E-state index contributed by atoms with van der Waals surface area (Å²) >= 11 is 4.95. The highest BCUT2D eigenvalue weighted by Crippen LogP contribution is 2.38. The van der Waals surface area contributed by atoms with Gasteiger partial charge >= 0.3 is 0 Å². The molecule has 1 aromatic heterocycles. The predicted molar refractivity (Wildman–Crippen MR) is 108 cm³/mol. The molecule has 0 aliphatic carbocycles. The van der Waals surface area contributed by atoms with Crippen LogP contribution in [0.3, 0.4) is 0 Å². The lowest BCUT2D eigenvalue weighted by Crippen LogP contribution is -2.42. The number of amides is 1. The average Bonchev–Trinajstić information content (AvgIpc) is 3.22. The molecule has 2 aromatic carbocycles. The molecule has 1 amide bonds. The molecule has 0 bridgehead atoms. The Morgan fingerprint density at radius 3 is 3.00 bits per heavy atom. The van der Waals surface area contributed by atoms with Crippen molar-refractivity contribution in [2.24, 2.45) is 0 Å². The van der Waals surface area contributed by atoms with Crippen molar-refractivity contribution in [1.82, 2.24) is 15.4 Å². The van der Waals surface area contributed by atoms with Crippen LogP contribution in [0.1, 0.15) is 10.9 Å². The molecule has 8 heteroatoms. The Morgan fingerprint density at radius 2 is 2.15 bits per heavy atom. The third-order valence-electron chi connectivity index (χ3n) is 3.91. The molecule has 1 aliphatic heterocycles. The number of thiazole rings is 1. The second-order valence-corrected chi connectivity index (χ2v) is 9.17. The molecule has 0 radical (unpaired) electrons. The third-order valence-corrected chi connectivity index (χ3v) is 7.30. The second kappa shape index (κ2) is 7.87. The summed E-state index contributed by atoms with van der Waals surface area (Å²) in [6.07, 6.45) is 0. The molecular formula is C18H17N3O2S3. The van der Waals surface area contributed by atoms with Crippen LogP contribution in [0.5, 0.6) is 5.75 Å². The maximum Gasteiger partial charge on any atom is 0.248 e. The summed E-state index contributed by atoms with van der Waals surface area (Å²) in [7, 11) is 0. The van der Waals surface area contributed by atoms with Crippen LogP contribution in [-0.4, -0.2) is 39.1 Å². The van der Waals surface area contributed by atoms with E-state index in [0.29, 0.717) is 12.3 Å². The number of fused-ring (bicyclic) bond motifs is 1. The van der Waals surface area contributed by atoms with Gasteiger partial charge < -0.3 is 5.11 Å². The zero-order valence-electron chi connectivity index (χ0n) is 13.8. The Labute approximate surface area is 163 Å². The van der Waals surface area contributed by atoms with Gasteiger partial charge in [0.15, 0.2) is 4.34 Å². The minimum atomic E-state index is -0.109. The summed E-state index contributed by atoms with van der Waals surface area (Å²) in [6, 6.07) is 15.2. The number of aromatic hydroxyl groups is 1. The first-order valence-electron chi connectivity index (χ1n) is 8.15. The Bertz CT molecular complexity index is 898. The van der Waals surface area contributed by atoms with E-state index >= 15 is 0 Å². The molecule has 0 spiro atoms. The van der Waals surface area contributed by atoms with E-state index in [0.717, 1.165) is 21.2 Å². The van der Waals surface area contributed by atoms with E-state index in [4.69, 9.17) is 0 Å². The van der Waals surface area contributed by atoms with E-state index in [1.165, 1.54) is 4.70 Å². The van der Waals surface area contributed by atoms with Crippen molar-refractivity contribution < 1.29 is 9.90 Å². The number of phenolic OH excluding ortho intramolecular Hbond substituents is 1. The maximum absolute atomic E-state index is 12.2. The van der Waals surface area contributed by atoms with Crippen molar-refractivity contribution in [3.63, 3.8) is 0 Å². The number of carbonyl (C=O) groups excluding carboxylic acids is 1. The lowest BCUT2D eigenvalue weighted by Gasteiger charge is -2.24. The Balaban J connectivity index is 1.34. The molecule has 4 rings (SSSR count). The van der Waals surface area contributed by atoms with E-state index < -0.39 is 0 Å². The molecular weight excluding hydrogens is 386 g/mol. The van der Waals surface area contributed by atoms with Crippen LogP contribution in [0.15, 0.2) is 52.9 Å². The van der Waals surface area contributed by atoms with Gasteiger partial charge in [0, 0.05) is 12.3 Å². The number of aromatic nitrogens is 1. The van der Waals surface area contributed by atoms with Gasteiger partial charge in [-0.15, -0.1) is 23.1 Å². The summed E-state index contributed by atoms with van der Waals surface area (Å²) in [4.78, 5) is 16.8. The third kappa shape index (κ3) is 3.83. The monoisotopic (exact) mass is 403 g/mol. The first kappa shape index (κ1) is 17.7. The Hall–Kier alpha value is -1.74. The largest absolute Gasteiger partial charge is 0.508 e. The highest BCUT2D eigenvalue weighted by Gasteiger charge is 2.32. The van der Waals surface area contributed by atoms with Gasteiger partial charge in [-0.2, -0.15) is 0 Å². The van der Waals surface area contributed by atoms with Gasteiger partial charge in [-0.3, -0.25) is 9.80 Å². The van der Waals surface area contributed by atoms with E-state index in [-0.39, 0.29) is 17.0 Å². The highest BCUT2D eigenvalue weighted by atomic mass is 32.2. The number of hydrogen-bond acceptors (Lipinski definition) is 7. The van der Waals surface area contributed by atoms with Gasteiger partial charge in [0.05, 0.1) is 16.0 Å². The molecule has 2 heterocycles. The van der Waals surface area contributed by atoms with E-state index in [1.807, 2.05) is 24.3 Å². The van der Waals surface area contributed by atoms with Gasteiger partial charge in [0.1, 0.15) is 11.1 Å². The fourth-order valence-corrected chi connectivity index (χ4v) is 5.84. The summed E-state index contributed by atoms with van der Waals surface area (Å²) in [6.45, 7) is 0.669. The number of thioether (sulfide) groups is 2. The molecule has 1 saturated heterocycles. The number of hydrogen-bond donors (Lipinski definition) is 2. The molecule has 0 saturated carbocycles. The number of rotatable bonds is 6. The normalized spacial score (nSPS) is 17.3. The first-order chi connectivity index (χ1) is 12.7. The van der Waals surface area contributed by atoms with Crippen LogP contribution >= 0.6 is 34.9 Å². The zero-order chi connectivity index (χ0) is 17.9. The molecule has 134 valence electrons. The topological polar surface area (TPSA) is 65.5 Å². The van der Waals surface area contributed by atoms with Crippen LogP contribution < -0.4 is 5.43 Å². The van der Waals surface area contributed by atoms with Crippen molar-refractivity contribution in [1.29, 1.82) is 0 Å². The lowest BCUT2D eigenvalue weighted by atomic mass is 10.2. The van der Waals surface area contributed by atoms with Crippen molar-refractivity contribution in [3.8, 4) is 5.75 Å². The number of benzene rings is 2. The predicted octanol–water partition coefficient (Wildman–Crippen LogP) is 3.87. The van der Waals surface area contributed by atoms with E-state index in [1.54, 1.807) is 58.1 Å². The van der Waals surface area contributed by atoms with Gasteiger partial charge in [-0.25, -0.2) is 10.4 Å². The number of carbonyl (C=O) groups is 1. The number of para-hydroxylation sites is 1. The molecule has 1 fully saturated rings. The fourth-order valence-electron chi connectivity index (χ4n) is 2.74. The van der Waals surface area contributed by atoms with Crippen molar-refractivity contribution in [2.45, 2.75) is 9.71 Å². The van der Waals surface area contributed by atoms with Gasteiger partial charge in [0.25, 0.3) is 0 Å². The van der Waals surface area contributed by atoms with Crippen molar-refractivity contribution in [2.75, 3.05) is 18.1 Å². The molecule has 1 aliphatic rings. The van der Waals surface area contributed by atoms with E-state index in [2.05, 4.69) is 16.5 Å². The van der Waals surface area contributed by atoms with Crippen LogP contribution in [0, 0.1) is 0 Å². The maximum atomic E-state index is 12.2. The average molecular weight is 404 g/mol. The lowest BCUT2D eigenvalue weighted by molar-refractivity contribution is -0.131. The number of nitrogens with one attached hydrogen (secondary N) is 1. The zero-order valence-corrected chi connectivity index (χ0v) is 16.2. The molecule has 3 aromatic rings. The van der Waals surface area contributed by atoms with Crippen molar-refractivity contribution >= 4 is 51.0 Å². The van der Waals surface area contributed by atoms with Gasteiger partial charge in [-0.1, -0.05) is 36.0 Å². The molecule has 1 unspecified atom stereocenters. The SMILES string of the molecule is O=C1CSC(c2cccc(O)c2)N1NCCSc1nc2ccccc2s1. The Kier molecular flexibility index (Phi) is 5.35. The van der Waals surface area contributed by atoms with E-state index in [9.17, 15) is 9.90 Å². The first-order valence-corrected chi connectivity index (χ1v) is 11.0. The smallest absolute Gasteiger partial charge is 0.248 e. The fraction of sp³-hybridized carbons (Fsp3) is 0.222. The minimum absolute atomic E-state index is 0.0633. The standard InChI is InChI=1S/C18H17N3O2S3/c22-13-5-3-4-12(10-13)17-21(16(23)11-25-17)19-8-9-24-18-20-14-6-1-2-7-15(14)26-18/h1-7,10,17,19,22H,8-9,11H2. The van der Waals surface area contributed by atoms with Crippen LogP contribution in [0.2, 0.25) is 0 Å². The molecule has 26 heavy (non-hydrogen) atoms. The van der Waals surface area contributed by atoms with Crippen LogP contribution in [0.25, 0.3) is 10.2 Å². The molecule has 5 nitrogen and oxygen atoms in total.